The average Bonchev–Trinajstić information content (AvgIpc) is 2.82. The minimum absolute atomic E-state index is 0.123. The first-order valence-corrected chi connectivity index (χ1v) is 8.32. The van der Waals surface area contributed by atoms with Crippen LogP contribution < -0.4 is 5.32 Å². The van der Waals surface area contributed by atoms with Crippen LogP contribution in [0.15, 0.2) is 5.38 Å². The Morgan fingerprint density at radius 1 is 1.30 bits per heavy atom. The largest absolute Gasteiger partial charge is 0.377 e. The molecule has 0 spiro atoms. The second kappa shape index (κ2) is 7.01. The van der Waals surface area contributed by atoms with Gasteiger partial charge in [-0.25, -0.2) is 4.98 Å². The van der Waals surface area contributed by atoms with Crippen LogP contribution in [-0.2, 0) is 16.6 Å². The topological polar surface area (TPSA) is 34.2 Å². The Bertz CT molecular complexity index is 407. The van der Waals surface area contributed by atoms with E-state index < -0.39 is 0 Å². The third kappa shape index (κ3) is 4.83. The molecule has 0 aromatic carbocycles. The monoisotopic (exact) mass is 298 g/mol. The lowest BCUT2D eigenvalue weighted by Crippen LogP contribution is -2.49. The second-order valence-corrected chi connectivity index (χ2v) is 7.84. The molecule has 1 atom stereocenters. The quantitative estimate of drug-likeness (QED) is 0.832. The maximum absolute atomic E-state index is 5.66. The predicted octanol–water partition coefficient (Wildman–Crippen LogP) is 3.78. The molecule has 3 nitrogen and oxygen atoms in total. The summed E-state index contributed by atoms with van der Waals surface area (Å²) < 4.78 is 5.66. The van der Waals surface area contributed by atoms with Crippen molar-refractivity contribution < 1.29 is 4.74 Å². The Balaban J connectivity index is 2.82. The predicted molar refractivity (Wildman–Crippen MR) is 87.7 cm³/mol. The number of nitrogens with zero attached hydrogens (tertiary/aromatic N) is 1. The smallest absolute Gasteiger partial charge is 0.0945 e. The highest BCUT2D eigenvalue weighted by molar-refractivity contribution is 7.09. The van der Waals surface area contributed by atoms with Gasteiger partial charge in [-0.3, -0.25) is 0 Å². The molecule has 0 amide bonds. The maximum atomic E-state index is 5.66. The minimum Gasteiger partial charge on any atom is -0.377 e. The standard InChI is InChI=1S/C16H30N2OS/c1-8-9-17-12(16(5,6)19-7)10-14-18-13(11-20-14)15(2,3)4/h11-12,17H,8-10H2,1-7H3. The van der Waals surface area contributed by atoms with Crippen LogP contribution in [0.3, 0.4) is 0 Å². The molecular weight excluding hydrogens is 268 g/mol. The van der Waals surface area contributed by atoms with Gasteiger partial charge in [0.1, 0.15) is 0 Å². The zero-order valence-electron chi connectivity index (χ0n) is 14.0. The highest BCUT2D eigenvalue weighted by Crippen LogP contribution is 2.26. The van der Waals surface area contributed by atoms with E-state index in [1.807, 2.05) is 0 Å². The molecule has 1 unspecified atom stereocenters. The van der Waals surface area contributed by atoms with Gasteiger partial charge in [0.15, 0.2) is 0 Å². The number of hydrogen-bond acceptors (Lipinski definition) is 4. The molecule has 1 aromatic heterocycles. The van der Waals surface area contributed by atoms with E-state index in [2.05, 4.69) is 52.2 Å². The van der Waals surface area contributed by atoms with Crippen LogP contribution >= 0.6 is 11.3 Å². The highest BCUT2D eigenvalue weighted by atomic mass is 32.1. The van der Waals surface area contributed by atoms with Crippen LogP contribution in [0.2, 0.25) is 0 Å². The third-order valence-corrected chi connectivity index (χ3v) is 4.58. The number of rotatable bonds is 7. The summed E-state index contributed by atoms with van der Waals surface area (Å²) in [6, 6.07) is 0.284. The van der Waals surface area contributed by atoms with Gasteiger partial charge in [0.05, 0.1) is 16.3 Å². The van der Waals surface area contributed by atoms with Crippen molar-refractivity contribution in [3.05, 3.63) is 16.1 Å². The van der Waals surface area contributed by atoms with Gasteiger partial charge in [-0.15, -0.1) is 11.3 Å². The van der Waals surface area contributed by atoms with Gasteiger partial charge in [0, 0.05) is 30.4 Å². The fourth-order valence-corrected chi connectivity index (χ4v) is 3.02. The molecule has 0 bridgehead atoms. The second-order valence-electron chi connectivity index (χ2n) is 6.89. The van der Waals surface area contributed by atoms with Crippen molar-refractivity contribution in [2.75, 3.05) is 13.7 Å². The van der Waals surface area contributed by atoms with Crippen molar-refractivity contribution in [3.63, 3.8) is 0 Å². The summed E-state index contributed by atoms with van der Waals surface area (Å²) in [6.45, 7) is 14.1. The lowest BCUT2D eigenvalue weighted by Gasteiger charge is -2.33. The summed E-state index contributed by atoms with van der Waals surface area (Å²) in [4.78, 5) is 4.80. The molecule has 116 valence electrons. The third-order valence-electron chi connectivity index (χ3n) is 3.70. The van der Waals surface area contributed by atoms with E-state index in [9.17, 15) is 0 Å². The van der Waals surface area contributed by atoms with Gasteiger partial charge in [0.2, 0.25) is 0 Å². The molecule has 0 saturated carbocycles. The SMILES string of the molecule is CCCNC(Cc1nc(C(C)(C)C)cs1)C(C)(C)OC. The van der Waals surface area contributed by atoms with Crippen LogP contribution in [0.25, 0.3) is 0 Å². The summed E-state index contributed by atoms with van der Waals surface area (Å²) in [5.74, 6) is 0. The molecule has 0 aliphatic rings. The number of thiazole rings is 1. The molecule has 1 heterocycles. The molecule has 1 aromatic rings. The Morgan fingerprint density at radius 2 is 1.95 bits per heavy atom. The van der Waals surface area contributed by atoms with Crippen LogP contribution in [0.1, 0.15) is 58.7 Å². The molecule has 0 fully saturated rings. The van der Waals surface area contributed by atoms with Gasteiger partial charge in [0.25, 0.3) is 0 Å². The van der Waals surface area contributed by atoms with Crippen LogP contribution in [0.4, 0.5) is 0 Å². The lowest BCUT2D eigenvalue weighted by atomic mass is 9.93. The zero-order valence-corrected chi connectivity index (χ0v) is 14.9. The van der Waals surface area contributed by atoms with E-state index in [4.69, 9.17) is 9.72 Å². The first kappa shape index (κ1) is 17.6. The molecule has 4 heteroatoms. The number of hydrogen-bond donors (Lipinski definition) is 1. The Hall–Kier alpha value is -0.450. The number of methoxy groups -OCH3 is 1. The van der Waals surface area contributed by atoms with E-state index in [0.29, 0.717) is 0 Å². The summed E-state index contributed by atoms with van der Waals surface area (Å²) in [5, 5.41) is 6.97. The van der Waals surface area contributed by atoms with E-state index in [1.165, 1.54) is 10.7 Å². The first-order chi connectivity index (χ1) is 9.20. The van der Waals surface area contributed by atoms with E-state index in [-0.39, 0.29) is 17.1 Å². The zero-order chi connectivity index (χ0) is 15.4. The number of ether oxygens (including phenoxy) is 1. The molecule has 0 aliphatic carbocycles. The summed E-state index contributed by atoms with van der Waals surface area (Å²) in [7, 11) is 1.78. The summed E-state index contributed by atoms with van der Waals surface area (Å²) >= 11 is 1.76. The Labute approximate surface area is 128 Å². The molecule has 1 rings (SSSR count). The van der Waals surface area contributed by atoms with Crippen molar-refractivity contribution in [3.8, 4) is 0 Å². The Morgan fingerprint density at radius 3 is 2.40 bits per heavy atom. The van der Waals surface area contributed by atoms with E-state index >= 15 is 0 Å². The molecule has 20 heavy (non-hydrogen) atoms. The summed E-state index contributed by atoms with van der Waals surface area (Å²) in [5.41, 5.74) is 1.11. The summed E-state index contributed by atoms with van der Waals surface area (Å²) in [6.07, 6.45) is 2.04. The van der Waals surface area contributed by atoms with Gasteiger partial charge in [-0.1, -0.05) is 27.7 Å². The van der Waals surface area contributed by atoms with E-state index in [0.717, 1.165) is 19.4 Å². The average molecular weight is 298 g/mol. The van der Waals surface area contributed by atoms with Crippen LogP contribution in [0, 0.1) is 0 Å². The lowest BCUT2D eigenvalue weighted by molar-refractivity contribution is -0.00999. The molecular formula is C16H30N2OS. The van der Waals surface area contributed by atoms with Gasteiger partial charge < -0.3 is 10.1 Å². The van der Waals surface area contributed by atoms with Gasteiger partial charge >= 0.3 is 0 Å². The maximum Gasteiger partial charge on any atom is 0.0945 e. The van der Waals surface area contributed by atoms with Crippen molar-refractivity contribution in [2.24, 2.45) is 0 Å². The van der Waals surface area contributed by atoms with E-state index in [1.54, 1.807) is 18.4 Å². The normalized spacial score (nSPS) is 14.6. The first-order valence-electron chi connectivity index (χ1n) is 7.44. The van der Waals surface area contributed by atoms with Crippen molar-refractivity contribution >= 4 is 11.3 Å². The van der Waals surface area contributed by atoms with Gasteiger partial charge in [-0.05, 0) is 26.8 Å². The van der Waals surface area contributed by atoms with Crippen molar-refractivity contribution in [1.82, 2.24) is 10.3 Å². The minimum atomic E-state index is -0.192. The highest BCUT2D eigenvalue weighted by Gasteiger charge is 2.30. The fraction of sp³-hybridized carbons (Fsp3) is 0.812. The number of aromatic nitrogens is 1. The Kier molecular flexibility index (Phi) is 6.17. The number of nitrogens with one attached hydrogen (secondary N) is 1. The molecule has 1 N–H and O–H groups in total. The van der Waals surface area contributed by atoms with Crippen molar-refractivity contribution in [1.29, 1.82) is 0 Å². The molecule has 0 radical (unpaired) electrons. The van der Waals surface area contributed by atoms with Gasteiger partial charge in [-0.2, -0.15) is 0 Å². The van der Waals surface area contributed by atoms with Crippen LogP contribution in [-0.4, -0.2) is 30.3 Å². The molecule has 0 aliphatic heterocycles. The molecule has 0 saturated heterocycles. The van der Waals surface area contributed by atoms with Crippen LogP contribution in [0.5, 0.6) is 0 Å². The van der Waals surface area contributed by atoms with Crippen molar-refractivity contribution in [2.45, 2.75) is 71.4 Å². The fourth-order valence-electron chi connectivity index (χ4n) is 1.95.